The van der Waals surface area contributed by atoms with Crippen molar-refractivity contribution in [2.45, 2.75) is 25.4 Å². The first-order chi connectivity index (χ1) is 9.61. The maximum absolute atomic E-state index is 11.7. The number of aromatic nitrogens is 2. The Morgan fingerprint density at radius 2 is 2.20 bits per heavy atom. The molecule has 0 spiro atoms. The standard InChI is InChI=1S/C14H13BrClN3O/c15-11-5-8(1-4-12(11)16)14-18-10(6-13(20)19-14)7-17-9-2-3-9/h1,4-6,9,17H,2-3,7H2,(H,18,19,20). The number of hydrogen-bond donors (Lipinski definition) is 2. The van der Waals surface area contributed by atoms with Crippen molar-refractivity contribution in [2.24, 2.45) is 0 Å². The van der Waals surface area contributed by atoms with Gasteiger partial charge in [0, 0.05) is 28.7 Å². The van der Waals surface area contributed by atoms with Gasteiger partial charge in [-0.25, -0.2) is 4.98 Å². The van der Waals surface area contributed by atoms with Crippen molar-refractivity contribution < 1.29 is 0 Å². The van der Waals surface area contributed by atoms with E-state index < -0.39 is 0 Å². The van der Waals surface area contributed by atoms with Crippen molar-refractivity contribution in [1.82, 2.24) is 15.3 Å². The maximum atomic E-state index is 11.7. The molecule has 1 aromatic heterocycles. The highest BCUT2D eigenvalue weighted by molar-refractivity contribution is 9.10. The first-order valence-electron chi connectivity index (χ1n) is 6.41. The van der Waals surface area contributed by atoms with Gasteiger partial charge >= 0.3 is 0 Å². The summed E-state index contributed by atoms with van der Waals surface area (Å²) in [7, 11) is 0. The first kappa shape index (κ1) is 13.8. The topological polar surface area (TPSA) is 57.8 Å². The molecule has 4 nitrogen and oxygen atoms in total. The van der Waals surface area contributed by atoms with Gasteiger partial charge in [0.1, 0.15) is 5.82 Å². The van der Waals surface area contributed by atoms with Gasteiger partial charge in [0.2, 0.25) is 0 Å². The minimum Gasteiger partial charge on any atom is -0.308 e. The summed E-state index contributed by atoms with van der Waals surface area (Å²) in [5, 5.41) is 3.98. The summed E-state index contributed by atoms with van der Waals surface area (Å²) in [6, 6.07) is 7.58. The van der Waals surface area contributed by atoms with Gasteiger partial charge in [-0.1, -0.05) is 11.6 Å². The molecule has 1 fully saturated rings. The number of nitrogens with one attached hydrogen (secondary N) is 2. The molecule has 6 heteroatoms. The fourth-order valence-electron chi connectivity index (χ4n) is 1.92. The molecule has 1 aliphatic rings. The number of H-pyrrole nitrogens is 1. The Hall–Kier alpha value is -1.17. The number of nitrogens with zero attached hydrogens (tertiary/aromatic N) is 1. The summed E-state index contributed by atoms with van der Waals surface area (Å²) in [5.74, 6) is 0.558. The molecule has 0 bridgehead atoms. The lowest BCUT2D eigenvalue weighted by Gasteiger charge is -2.06. The van der Waals surface area contributed by atoms with E-state index in [9.17, 15) is 4.79 Å². The second kappa shape index (κ2) is 5.68. The molecular formula is C14H13BrClN3O. The van der Waals surface area contributed by atoms with Crippen LogP contribution in [0.25, 0.3) is 11.4 Å². The van der Waals surface area contributed by atoms with E-state index in [1.165, 1.54) is 18.9 Å². The molecule has 2 aromatic rings. The lowest BCUT2D eigenvalue weighted by Crippen LogP contribution is -2.19. The monoisotopic (exact) mass is 353 g/mol. The van der Waals surface area contributed by atoms with Gasteiger partial charge in [-0.05, 0) is 47.0 Å². The zero-order valence-corrected chi connectivity index (χ0v) is 13.0. The Labute approximate surface area is 129 Å². The Balaban J connectivity index is 1.91. The second-order valence-corrected chi connectivity index (χ2v) is 6.13. The molecule has 104 valence electrons. The summed E-state index contributed by atoms with van der Waals surface area (Å²) in [6.07, 6.45) is 2.42. The van der Waals surface area contributed by atoms with E-state index in [2.05, 4.69) is 31.2 Å². The molecule has 0 radical (unpaired) electrons. The van der Waals surface area contributed by atoms with Crippen LogP contribution in [0, 0.1) is 0 Å². The normalized spacial score (nSPS) is 14.5. The van der Waals surface area contributed by atoms with Crippen LogP contribution in [0.1, 0.15) is 18.5 Å². The van der Waals surface area contributed by atoms with E-state index >= 15 is 0 Å². The van der Waals surface area contributed by atoms with Crippen molar-refractivity contribution >= 4 is 27.5 Å². The van der Waals surface area contributed by atoms with E-state index in [4.69, 9.17) is 11.6 Å². The molecule has 1 aromatic carbocycles. The molecule has 2 N–H and O–H groups in total. The highest BCUT2D eigenvalue weighted by Gasteiger charge is 2.20. The number of halogens is 2. The Kier molecular flexibility index (Phi) is 3.92. The largest absolute Gasteiger partial charge is 0.308 e. The molecule has 0 saturated heterocycles. The van der Waals surface area contributed by atoms with Crippen LogP contribution in [-0.2, 0) is 6.54 Å². The molecule has 3 rings (SSSR count). The molecule has 0 unspecified atom stereocenters. The maximum Gasteiger partial charge on any atom is 0.251 e. The summed E-state index contributed by atoms with van der Waals surface area (Å²) in [4.78, 5) is 19.0. The smallest absolute Gasteiger partial charge is 0.251 e. The van der Waals surface area contributed by atoms with Crippen LogP contribution in [0.15, 0.2) is 33.5 Å². The van der Waals surface area contributed by atoms with Crippen molar-refractivity contribution in [2.75, 3.05) is 0 Å². The molecule has 0 amide bonds. The third-order valence-corrected chi connectivity index (χ3v) is 4.35. The van der Waals surface area contributed by atoms with E-state index in [1.807, 2.05) is 12.1 Å². The molecule has 1 saturated carbocycles. The second-order valence-electron chi connectivity index (χ2n) is 4.87. The van der Waals surface area contributed by atoms with Crippen LogP contribution in [0.3, 0.4) is 0 Å². The average Bonchev–Trinajstić information content (AvgIpc) is 3.23. The summed E-state index contributed by atoms with van der Waals surface area (Å²) in [5.41, 5.74) is 1.43. The Morgan fingerprint density at radius 3 is 2.90 bits per heavy atom. The van der Waals surface area contributed by atoms with E-state index in [0.29, 0.717) is 23.4 Å². The van der Waals surface area contributed by atoms with Gasteiger partial charge in [-0.15, -0.1) is 0 Å². The van der Waals surface area contributed by atoms with Crippen LogP contribution < -0.4 is 10.9 Å². The first-order valence-corrected chi connectivity index (χ1v) is 7.58. The minimum absolute atomic E-state index is 0.145. The van der Waals surface area contributed by atoms with Crippen LogP contribution in [0.4, 0.5) is 0 Å². The summed E-state index contributed by atoms with van der Waals surface area (Å²) in [6.45, 7) is 0.621. The average molecular weight is 355 g/mol. The lowest BCUT2D eigenvalue weighted by atomic mass is 10.2. The highest BCUT2D eigenvalue weighted by Crippen LogP contribution is 2.27. The number of benzene rings is 1. The van der Waals surface area contributed by atoms with Crippen molar-refractivity contribution in [3.05, 3.63) is 49.8 Å². The van der Waals surface area contributed by atoms with Crippen molar-refractivity contribution in [3.63, 3.8) is 0 Å². The predicted octanol–water partition coefficient (Wildman–Crippen LogP) is 3.10. The molecule has 0 atom stereocenters. The number of hydrogen-bond acceptors (Lipinski definition) is 3. The fourth-order valence-corrected chi connectivity index (χ4v) is 2.41. The molecule has 1 aliphatic carbocycles. The highest BCUT2D eigenvalue weighted by atomic mass is 79.9. The number of aromatic amines is 1. The third-order valence-electron chi connectivity index (χ3n) is 3.14. The fraction of sp³-hybridized carbons (Fsp3) is 0.286. The van der Waals surface area contributed by atoms with Crippen LogP contribution in [0.5, 0.6) is 0 Å². The van der Waals surface area contributed by atoms with Gasteiger partial charge in [-0.3, -0.25) is 4.79 Å². The van der Waals surface area contributed by atoms with Gasteiger partial charge in [-0.2, -0.15) is 0 Å². The van der Waals surface area contributed by atoms with Crippen molar-refractivity contribution in [1.29, 1.82) is 0 Å². The molecule has 1 heterocycles. The van der Waals surface area contributed by atoms with Gasteiger partial charge in [0.05, 0.1) is 10.7 Å². The van der Waals surface area contributed by atoms with Crippen molar-refractivity contribution in [3.8, 4) is 11.4 Å². The van der Waals surface area contributed by atoms with Crippen LogP contribution >= 0.6 is 27.5 Å². The Bertz CT molecular complexity index is 697. The van der Waals surface area contributed by atoms with Gasteiger partial charge in [0.15, 0.2) is 0 Å². The molecule has 0 aliphatic heterocycles. The third kappa shape index (κ3) is 3.29. The zero-order valence-electron chi connectivity index (χ0n) is 10.6. The lowest BCUT2D eigenvalue weighted by molar-refractivity contribution is 0.672. The van der Waals surface area contributed by atoms with E-state index in [0.717, 1.165) is 15.7 Å². The summed E-state index contributed by atoms with van der Waals surface area (Å²) < 4.78 is 0.779. The van der Waals surface area contributed by atoms with E-state index in [-0.39, 0.29) is 5.56 Å². The minimum atomic E-state index is -0.145. The Morgan fingerprint density at radius 1 is 1.40 bits per heavy atom. The predicted molar refractivity (Wildman–Crippen MR) is 82.9 cm³/mol. The summed E-state index contributed by atoms with van der Waals surface area (Å²) >= 11 is 9.35. The number of rotatable bonds is 4. The molecular weight excluding hydrogens is 342 g/mol. The quantitative estimate of drug-likeness (QED) is 0.887. The zero-order chi connectivity index (χ0) is 14.1. The van der Waals surface area contributed by atoms with E-state index in [1.54, 1.807) is 6.07 Å². The SMILES string of the molecule is O=c1cc(CNC2CC2)nc(-c2ccc(Cl)c(Br)c2)[nH]1. The van der Waals surface area contributed by atoms with Gasteiger partial charge in [0.25, 0.3) is 5.56 Å². The van der Waals surface area contributed by atoms with Crippen LogP contribution in [0.2, 0.25) is 5.02 Å². The van der Waals surface area contributed by atoms with Gasteiger partial charge < -0.3 is 10.3 Å². The van der Waals surface area contributed by atoms with Crippen LogP contribution in [-0.4, -0.2) is 16.0 Å². The molecule has 20 heavy (non-hydrogen) atoms.